The molecule has 3 aromatic carbocycles. The number of rotatable bonds is 6. The summed E-state index contributed by atoms with van der Waals surface area (Å²) in [5.74, 6) is -7.74. The normalized spacial score (nSPS) is 28.5. The third-order valence-corrected chi connectivity index (χ3v) is 10.3. The Balaban J connectivity index is 1.49. The number of fused-ring (bicyclic) bond motifs is 4. The van der Waals surface area contributed by atoms with Gasteiger partial charge in [0.15, 0.2) is 0 Å². The van der Waals surface area contributed by atoms with Gasteiger partial charge >= 0.3 is 0 Å². The van der Waals surface area contributed by atoms with Gasteiger partial charge in [-0.1, -0.05) is 59.7 Å². The van der Waals surface area contributed by atoms with E-state index >= 15 is 4.79 Å². The Morgan fingerprint density at radius 3 is 2.39 bits per heavy atom. The van der Waals surface area contributed by atoms with Crippen molar-refractivity contribution < 1.29 is 33.9 Å². The monoisotopic (exact) mass is 641 g/mol. The Bertz CT molecular complexity index is 1840. The number of amides is 4. The summed E-state index contributed by atoms with van der Waals surface area (Å²) in [5.41, 5.74) is 3.57. The van der Waals surface area contributed by atoms with E-state index in [1.807, 2.05) is 6.08 Å². The summed E-state index contributed by atoms with van der Waals surface area (Å²) < 4.78 is 13.7. The predicted molar refractivity (Wildman–Crippen MR) is 165 cm³/mol. The number of nitrogens with one attached hydrogen (secondary N) is 1. The van der Waals surface area contributed by atoms with E-state index in [0.29, 0.717) is 39.4 Å². The molecule has 9 nitrogen and oxygen atoms in total. The number of aromatic hydroxyl groups is 1. The fourth-order valence-electron chi connectivity index (χ4n) is 8.15. The number of hydrogen-bond acceptors (Lipinski definition) is 7. The smallest absolute Gasteiger partial charge is 0.260 e. The summed E-state index contributed by atoms with van der Waals surface area (Å²) in [7, 11) is 0. The van der Waals surface area contributed by atoms with Crippen LogP contribution in [-0.2, 0) is 31.0 Å². The molecule has 4 aliphatic rings. The highest BCUT2D eigenvalue weighted by atomic mass is 35.5. The van der Waals surface area contributed by atoms with E-state index in [0.717, 1.165) is 5.01 Å². The van der Waals surface area contributed by atoms with Gasteiger partial charge in [0, 0.05) is 16.5 Å². The summed E-state index contributed by atoms with van der Waals surface area (Å²) in [6.07, 6.45) is 3.93. The minimum Gasteiger partial charge on any atom is -0.507 e. The topological polar surface area (TPSA) is 127 Å². The molecule has 3 N–H and O–H groups in total. The van der Waals surface area contributed by atoms with Gasteiger partial charge in [0.2, 0.25) is 0 Å². The number of imide groups is 2. The number of anilines is 1. The number of carbonyl (C=O) groups excluding carboxylic acids is 4. The van der Waals surface area contributed by atoms with Crippen LogP contribution in [0.4, 0.5) is 10.1 Å². The second kappa shape index (κ2) is 10.9. The van der Waals surface area contributed by atoms with E-state index in [2.05, 4.69) is 12.0 Å². The van der Waals surface area contributed by atoms with Crippen molar-refractivity contribution in [3.8, 4) is 5.75 Å². The Hall–Kier alpha value is -4.80. The van der Waals surface area contributed by atoms with E-state index in [1.54, 1.807) is 48.5 Å². The van der Waals surface area contributed by atoms with Crippen molar-refractivity contribution >= 4 is 40.9 Å². The summed E-state index contributed by atoms with van der Waals surface area (Å²) in [4.78, 5) is 55.8. The summed E-state index contributed by atoms with van der Waals surface area (Å²) in [6.45, 7) is 3.79. The second-order valence-corrected chi connectivity index (χ2v) is 12.6. The molecule has 2 heterocycles. The van der Waals surface area contributed by atoms with E-state index in [9.17, 15) is 29.1 Å². The van der Waals surface area contributed by atoms with Crippen LogP contribution in [0.1, 0.15) is 35.4 Å². The molecule has 0 radical (unpaired) electrons. The van der Waals surface area contributed by atoms with Crippen LogP contribution in [0, 0.1) is 29.5 Å². The van der Waals surface area contributed by atoms with E-state index < -0.39 is 64.5 Å². The molecule has 3 fully saturated rings. The van der Waals surface area contributed by atoms with E-state index in [-0.39, 0.29) is 23.7 Å². The van der Waals surface area contributed by atoms with Crippen LogP contribution in [0.25, 0.3) is 0 Å². The quantitative estimate of drug-likeness (QED) is 0.190. The van der Waals surface area contributed by atoms with Crippen molar-refractivity contribution in [1.82, 2.24) is 10.1 Å². The Morgan fingerprint density at radius 1 is 0.978 bits per heavy atom. The maximum absolute atomic E-state index is 15.0. The molecule has 0 spiro atoms. The SMILES string of the molecule is C=CCc1cccc([C@H]2C3=CC[C@@H]4C(=O)N(O)C(=O)[C@@H]4[C@@H]3C[C@H]3C(=O)N(Nc4ccc(F)cc4)C(=O)[C@@]23c2ccc(Cl)cc2)c1O. The highest BCUT2D eigenvalue weighted by Gasteiger charge is 2.70. The lowest BCUT2D eigenvalue weighted by atomic mass is 9.49. The molecule has 3 aromatic rings. The van der Waals surface area contributed by atoms with Crippen LogP contribution in [-0.4, -0.2) is 44.0 Å². The standard InChI is InChI=1S/C35H29ClFN3O6/c1-2-4-18-5-3-6-25(30(18)41)29-23-15-16-24-28(33(44)40(46)31(24)42)26(23)17-27-32(43)39(38-22-13-11-21(37)12-14-22)34(45)35(27,29)19-7-9-20(36)10-8-19/h2-3,5-15,24,26-29,38,41,46H,1,4,16-17H2/t24-,26+,27-,28-,29+,35+/m0/s1. The highest BCUT2D eigenvalue weighted by molar-refractivity contribution is 6.30. The molecule has 234 valence electrons. The van der Waals surface area contributed by atoms with Crippen LogP contribution < -0.4 is 5.43 Å². The van der Waals surface area contributed by atoms with Gasteiger partial charge in [-0.05, 0) is 72.7 Å². The average Bonchev–Trinajstić information content (AvgIpc) is 3.40. The maximum atomic E-state index is 15.0. The van der Waals surface area contributed by atoms with Gasteiger partial charge in [0.05, 0.1) is 28.9 Å². The number of hydrazine groups is 1. The second-order valence-electron chi connectivity index (χ2n) is 12.2. The third-order valence-electron chi connectivity index (χ3n) is 10.1. The summed E-state index contributed by atoms with van der Waals surface area (Å²) in [6, 6.07) is 17.0. The number of nitrogens with zero attached hydrogens (tertiary/aromatic N) is 2. The first-order valence-electron chi connectivity index (χ1n) is 14.9. The first-order valence-corrected chi connectivity index (χ1v) is 15.3. The molecular formula is C35H29ClFN3O6. The molecule has 4 amide bonds. The van der Waals surface area contributed by atoms with Gasteiger partial charge in [0.25, 0.3) is 23.6 Å². The fourth-order valence-corrected chi connectivity index (χ4v) is 8.27. The molecule has 2 aliphatic heterocycles. The van der Waals surface area contributed by atoms with Crippen LogP contribution in [0.15, 0.2) is 91.0 Å². The summed E-state index contributed by atoms with van der Waals surface area (Å²) >= 11 is 6.29. The lowest BCUT2D eigenvalue weighted by Crippen LogP contribution is -2.53. The van der Waals surface area contributed by atoms with Crippen molar-refractivity contribution in [3.63, 3.8) is 0 Å². The fraction of sp³-hybridized carbons (Fsp3) is 0.257. The number of benzene rings is 3. The number of hydrogen-bond donors (Lipinski definition) is 3. The van der Waals surface area contributed by atoms with Gasteiger partial charge in [-0.25, -0.2) is 4.39 Å². The van der Waals surface area contributed by atoms with Gasteiger partial charge in [0.1, 0.15) is 11.6 Å². The molecule has 0 aromatic heterocycles. The number of allylic oxidation sites excluding steroid dienone is 3. The zero-order valence-electron chi connectivity index (χ0n) is 24.4. The Morgan fingerprint density at radius 2 is 1.70 bits per heavy atom. The molecule has 11 heteroatoms. The van der Waals surface area contributed by atoms with Crippen LogP contribution >= 0.6 is 11.6 Å². The number of para-hydroxylation sites is 1. The molecular weight excluding hydrogens is 613 g/mol. The van der Waals surface area contributed by atoms with Crippen molar-refractivity contribution in [2.75, 3.05) is 5.43 Å². The minimum absolute atomic E-state index is 0.0122. The van der Waals surface area contributed by atoms with Crippen molar-refractivity contribution in [2.24, 2.45) is 23.7 Å². The van der Waals surface area contributed by atoms with Gasteiger partial charge in [-0.15, -0.1) is 6.58 Å². The van der Waals surface area contributed by atoms with E-state index in [4.69, 9.17) is 11.6 Å². The Labute approximate surface area is 268 Å². The zero-order valence-corrected chi connectivity index (χ0v) is 25.2. The largest absolute Gasteiger partial charge is 0.507 e. The molecule has 2 aliphatic carbocycles. The van der Waals surface area contributed by atoms with Crippen molar-refractivity contribution in [2.45, 2.75) is 30.6 Å². The molecule has 2 saturated heterocycles. The van der Waals surface area contributed by atoms with Gasteiger partial charge < -0.3 is 5.11 Å². The van der Waals surface area contributed by atoms with Crippen LogP contribution in [0.5, 0.6) is 5.75 Å². The molecule has 46 heavy (non-hydrogen) atoms. The molecule has 0 unspecified atom stereocenters. The number of carbonyl (C=O) groups is 4. The maximum Gasteiger partial charge on any atom is 0.260 e. The van der Waals surface area contributed by atoms with E-state index in [1.165, 1.54) is 24.3 Å². The number of phenolic OH excluding ortho intramolecular Hbond substituents is 1. The number of hydroxylamine groups is 2. The van der Waals surface area contributed by atoms with Crippen LogP contribution in [0.3, 0.4) is 0 Å². The molecule has 1 saturated carbocycles. The van der Waals surface area contributed by atoms with Crippen LogP contribution in [0.2, 0.25) is 5.02 Å². The number of halogens is 2. The summed E-state index contributed by atoms with van der Waals surface area (Å²) in [5, 5.41) is 23.6. The molecule has 6 atom stereocenters. The third kappa shape index (κ3) is 4.16. The number of phenols is 1. The Kier molecular flexibility index (Phi) is 7.10. The highest BCUT2D eigenvalue weighted by Crippen LogP contribution is 2.65. The van der Waals surface area contributed by atoms with Gasteiger partial charge in [-0.3, -0.25) is 29.8 Å². The zero-order chi connectivity index (χ0) is 32.5. The molecule has 0 bridgehead atoms. The van der Waals surface area contributed by atoms with Crippen molar-refractivity contribution in [1.29, 1.82) is 0 Å². The minimum atomic E-state index is -1.63. The first kappa shape index (κ1) is 29.9. The lowest BCUT2D eigenvalue weighted by molar-refractivity contribution is -0.173. The van der Waals surface area contributed by atoms with Gasteiger partial charge in [-0.2, -0.15) is 10.1 Å². The average molecular weight is 642 g/mol. The molecule has 7 rings (SSSR count). The lowest BCUT2D eigenvalue weighted by Gasteiger charge is -2.50. The van der Waals surface area contributed by atoms with Crippen molar-refractivity contribution in [3.05, 3.63) is 119 Å². The first-order chi connectivity index (χ1) is 22.1. The predicted octanol–water partition coefficient (Wildman–Crippen LogP) is 5.29.